The molecule has 0 unspecified atom stereocenters. The first-order chi connectivity index (χ1) is 8.87. The van der Waals surface area contributed by atoms with Gasteiger partial charge in [0.15, 0.2) is 0 Å². The van der Waals surface area contributed by atoms with Crippen LogP contribution < -0.4 is 5.32 Å². The number of aryl methyl sites for hydroxylation is 1. The molecule has 4 heteroatoms. The Balaban J connectivity index is 3.07. The van der Waals surface area contributed by atoms with Crippen molar-refractivity contribution in [3.8, 4) is 0 Å². The summed E-state index contributed by atoms with van der Waals surface area (Å²) in [7, 11) is 0. The van der Waals surface area contributed by atoms with E-state index in [0.717, 1.165) is 43.9 Å². The fourth-order valence-electron chi connectivity index (χ4n) is 1.86. The van der Waals surface area contributed by atoms with E-state index in [1.54, 1.807) is 0 Å². The van der Waals surface area contributed by atoms with Crippen LogP contribution in [-0.2, 0) is 12.8 Å². The second-order valence-corrected chi connectivity index (χ2v) is 7.24. The monoisotopic (exact) mass is 375 g/mol. The van der Waals surface area contributed by atoms with Gasteiger partial charge in [0.2, 0.25) is 0 Å². The van der Waals surface area contributed by atoms with Crippen LogP contribution >= 0.6 is 22.6 Å². The van der Waals surface area contributed by atoms with Gasteiger partial charge in [-0.1, -0.05) is 41.0 Å². The van der Waals surface area contributed by atoms with Crippen LogP contribution in [0.15, 0.2) is 0 Å². The molecule has 1 heterocycles. The maximum absolute atomic E-state index is 4.76. The van der Waals surface area contributed by atoms with Crippen LogP contribution in [0.5, 0.6) is 0 Å². The molecule has 108 valence electrons. The van der Waals surface area contributed by atoms with Crippen LogP contribution in [0.25, 0.3) is 0 Å². The highest BCUT2D eigenvalue weighted by molar-refractivity contribution is 14.1. The van der Waals surface area contributed by atoms with Gasteiger partial charge in [-0.2, -0.15) is 0 Å². The SMILES string of the molecule is CCCNc1nc(CC(C)(C)C)nc(CCC)c1I. The fourth-order valence-corrected chi connectivity index (χ4v) is 2.56. The Morgan fingerprint density at radius 3 is 2.32 bits per heavy atom. The molecule has 3 nitrogen and oxygen atoms in total. The van der Waals surface area contributed by atoms with Crippen molar-refractivity contribution in [1.29, 1.82) is 0 Å². The largest absolute Gasteiger partial charge is 0.369 e. The molecule has 0 spiro atoms. The molecule has 0 aromatic carbocycles. The summed E-state index contributed by atoms with van der Waals surface area (Å²) < 4.78 is 1.19. The van der Waals surface area contributed by atoms with Crippen molar-refractivity contribution in [1.82, 2.24) is 9.97 Å². The van der Waals surface area contributed by atoms with Gasteiger partial charge in [0.05, 0.1) is 9.26 Å². The molecule has 0 aliphatic carbocycles. The Labute approximate surface area is 131 Å². The van der Waals surface area contributed by atoms with Crippen LogP contribution in [0.2, 0.25) is 0 Å². The standard InChI is InChI=1S/C15H26IN3/c1-6-8-11-13(16)14(17-9-7-2)19-12(18-11)10-15(3,4)5/h6-10H2,1-5H3,(H,17,18,19). The maximum atomic E-state index is 4.76. The highest BCUT2D eigenvalue weighted by Gasteiger charge is 2.17. The minimum absolute atomic E-state index is 0.221. The molecule has 1 aromatic rings. The molecule has 0 saturated heterocycles. The van der Waals surface area contributed by atoms with Crippen molar-refractivity contribution in [2.45, 2.75) is 60.3 Å². The second kappa shape index (κ2) is 7.41. The summed E-state index contributed by atoms with van der Waals surface area (Å²) in [6.45, 7) is 12.0. The van der Waals surface area contributed by atoms with E-state index in [0.29, 0.717) is 0 Å². The van der Waals surface area contributed by atoms with Gasteiger partial charge >= 0.3 is 0 Å². The Kier molecular flexibility index (Phi) is 6.50. The lowest BCUT2D eigenvalue weighted by Crippen LogP contribution is -2.16. The van der Waals surface area contributed by atoms with E-state index in [2.05, 4.69) is 62.5 Å². The third-order valence-corrected chi connectivity index (χ3v) is 3.82. The summed E-state index contributed by atoms with van der Waals surface area (Å²) >= 11 is 2.37. The topological polar surface area (TPSA) is 37.8 Å². The molecule has 1 aromatic heterocycles. The predicted octanol–water partition coefficient (Wildman–Crippen LogP) is 4.44. The molecule has 0 bridgehead atoms. The Morgan fingerprint density at radius 2 is 1.79 bits per heavy atom. The van der Waals surface area contributed by atoms with E-state index in [1.807, 2.05) is 0 Å². The molecule has 19 heavy (non-hydrogen) atoms. The van der Waals surface area contributed by atoms with E-state index in [-0.39, 0.29) is 5.41 Å². The van der Waals surface area contributed by atoms with E-state index >= 15 is 0 Å². The van der Waals surface area contributed by atoms with E-state index in [4.69, 9.17) is 9.97 Å². The van der Waals surface area contributed by atoms with Crippen LogP contribution in [-0.4, -0.2) is 16.5 Å². The minimum atomic E-state index is 0.221. The van der Waals surface area contributed by atoms with Crippen molar-refractivity contribution >= 4 is 28.4 Å². The van der Waals surface area contributed by atoms with Crippen LogP contribution in [0.1, 0.15) is 59.0 Å². The Morgan fingerprint density at radius 1 is 1.11 bits per heavy atom. The van der Waals surface area contributed by atoms with Crippen LogP contribution in [0.3, 0.4) is 0 Å². The Bertz CT molecular complexity index is 411. The first-order valence-electron chi connectivity index (χ1n) is 7.16. The van der Waals surface area contributed by atoms with Crippen molar-refractivity contribution in [3.63, 3.8) is 0 Å². The summed E-state index contributed by atoms with van der Waals surface area (Å²) in [5.74, 6) is 1.98. The number of aromatic nitrogens is 2. The molecule has 1 rings (SSSR count). The smallest absolute Gasteiger partial charge is 0.143 e. The van der Waals surface area contributed by atoms with Gasteiger partial charge in [0.1, 0.15) is 11.6 Å². The van der Waals surface area contributed by atoms with E-state index in [9.17, 15) is 0 Å². The predicted molar refractivity (Wildman–Crippen MR) is 90.7 cm³/mol. The molecule has 0 aliphatic rings. The molecule has 1 N–H and O–H groups in total. The highest BCUT2D eigenvalue weighted by Crippen LogP contribution is 2.24. The van der Waals surface area contributed by atoms with E-state index in [1.165, 1.54) is 9.26 Å². The molecule has 0 aliphatic heterocycles. The lowest BCUT2D eigenvalue weighted by molar-refractivity contribution is 0.400. The number of hydrogen-bond donors (Lipinski definition) is 1. The first-order valence-corrected chi connectivity index (χ1v) is 8.24. The number of rotatable bonds is 6. The third kappa shape index (κ3) is 5.63. The van der Waals surface area contributed by atoms with Gasteiger partial charge in [-0.25, -0.2) is 9.97 Å². The van der Waals surface area contributed by atoms with Gasteiger partial charge in [-0.05, 0) is 40.8 Å². The lowest BCUT2D eigenvalue weighted by atomic mass is 9.92. The average Bonchev–Trinajstić information content (AvgIpc) is 2.29. The number of anilines is 1. The summed E-state index contributed by atoms with van der Waals surface area (Å²) in [5, 5.41) is 3.43. The molecule has 0 amide bonds. The van der Waals surface area contributed by atoms with Gasteiger partial charge in [0.25, 0.3) is 0 Å². The quantitative estimate of drug-likeness (QED) is 0.747. The zero-order chi connectivity index (χ0) is 14.5. The van der Waals surface area contributed by atoms with Crippen molar-refractivity contribution in [3.05, 3.63) is 15.1 Å². The number of hydrogen-bond acceptors (Lipinski definition) is 3. The van der Waals surface area contributed by atoms with Crippen LogP contribution in [0.4, 0.5) is 5.82 Å². The van der Waals surface area contributed by atoms with E-state index < -0.39 is 0 Å². The van der Waals surface area contributed by atoms with Gasteiger partial charge in [-0.3, -0.25) is 0 Å². The highest BCUT2D eigenvalue weighted by atomic mass is 127. The maximum Gasteiger partial charge on any atom is 0.143 e. The minimum Gasteiger partial charge on any atom is -0.369 e. The summed E-state index contributed by atoms with van der Waals surface area (Å²) in [5.41, 5.74) is 1.41. The van der Waals surface area contributed by atoms with Crippen LogP contribution in [0, 0.1) is 8.99 Å². The van der Waals surface area contributed by atoms with Gasteiger partial charge in [-0.15, -0.1) is 0 Å². The third-order valence-electron chi connectivity index (χ3n) is 2.68. The zero-order valence-electron chi connectivity index (χ0n) is 12.8. The van der Waals surface area contributed by atoms with Gasteiger partial charge < -0.3 is 5.32 Å². The van der Waals surface area contributed by atoms with Crippen molar-refractivity contribution < 1.29 is 0 Å². The molecule has 0 radical (unpaired) electrons. The molecule has 0 saturated carbocycles. The number of halogens is 1. The average molecular weight is 375 g/mol. The lowest BCUT2D eigenvalue weighted by Gasteiger charge is -2.19. The molecular formula is C15H26IN3. The number of nitrogens with zero attached hydrogens (tertiary/aromatic N) is 2. The zero-order valence-corrected chi connectivity index (χ0v) is 15.0. The molecular weight excluding hydrogens is 349 g/mol. The van der Waals surface area contributed by atoms with Crippen molar-refractivity contribution in [2.75, 3.05) is 11.9 Å². The normalized spacial score (nSPS) is 11.7. The van der Waals surface area contributed by atoms with Gasteiger partial charge in [0, 0.05) is 13.0 Å². The Hall–Kier alpha value is -0.390. The summed E-state index contributed by atoms with van der Waals surface area (Å²) in [6.07, 6.45) is 4.17. The molecule has 0 atom stereocenters. The summed E-state index contributed by atoms with van der Waals surface area (Å²) in [6, 6.07) is 0. The second-order valence-electron chi connectivity index (χ2n) is 6.16. The summed E-state index contributed by atoms with van der Waals surface area (Å²) in [4.78, 5) is 9.47. The molecule has 0 fully saturated rings. The van der Waals surface area contributed by atoms with Crippen molar-refractivity contribution in [2.24, 2.45) is 5.41 Å². The first kappa shape index (κ1) is 16.7. The fraction of sp³-hybridized carbons (Fsp3) is 0.733. The number of nitrogens with one attached hydrogen (secondary N) is 1.